The first-order chi connectivity index (χ1) is 11.8. The van der Waals surface area contributed by atoms with Crippen LogP contribution in [0.15, 0.2) is 53.0 Å². The normalized spacial score (nSPS) is 11.4. The Kier molecular flexibility index (Phi) is 6.30. The highest BCUT2D eigenvalue weighted by molar-refractivity contribution is 9.10. The van der Waals surface area contributed by atoms with Crippen LogP contribution in [-0.4, -0.2) is 29.0 Å². The van der Waals surface area contributed by atoms with Crippen molar-refractivity contribution >= 4 is 33.8 Å². The molecule has 0 aromatic heterocycles. The number of carboxylic acids is 1. The van der Waals surface area contributed by atoms with Gasteiger partial charge >= 0.3 is 11.9 Å². The predicted octanol–water partition coefficient (Wildman–Crippen LogP) is 2.80. The molecule has 0 aliphatic rings. The molecular formula is C18H16BrNO5. The highest BCUT2D eigenvalue weighted by atomic mass is 79.9. The van der Waals surface area contributed by atoms with Crippen molar-refractivity contribution in [3.8, 4) is 5.75 Å². The maximum absolute atomic E-state index is 12.3. The molecule has 7 heteroatoms. The quantitative estimate of drug-likeness (QED) is 0.569. The first kappa shape index (κ1) is 18.7. The molecule has 6 nitrogen and oxygen atoms in total. The monoisotopic (exact) mass is 405 g/mol. The molecule has 0 bridgehead atoms. The number of ether oxygens (including phenoxy) is 1. The summed E-state index contributed by atoms with van der Waals surface area (Å²) in [7, 11) is 0. The van der Waals surface area contributed by atoms with Crippen LogP contribution in [0.2, 0.25) is 0 Å². The zero-order chi connectivity index (χ0) is 18.4. The van der Waals surface area contributed by atoms with Gasteiger partial charge in [-0.15, -0.1) is 0 Å². The summed E-state index contributed by atoms with van der Waals surface area (Å²) in [6.45, 7) is 1.26. The number of esters is 1. The number of amides is 1. The summed E-state index contributed by atoms with van der Waals surface area (Å²) in [6.07, 6.45) is 0.151. The van der Waals surface area contributed by atoms with Crippen LogP contribution in [0.25, 0.3) is 0 Å². The summed E-state index contributed by atoms with van der Waals surface area (Å²) in [4.78, 5) is 34.8. The molecule has 0 fully saturated rings. The Labute approximate surface area is 152 Å². The zero-order valence-electron chi connectivity index (χ0n) is 13.4. The average molecular weight is 406 g/mol. The molecule has 25 heavy (non-hydrogen) atoms. The van der Waals surface area contributed by atoms with Crippen molar-refractivity contribution in [1.82, 2.24) is 5.32 Å². The van der Waals surface area contributed by atoms with Crippen LogP contribution in [0, 0.1) is 0 Å². The Balaban J connectivity index is 2.11. The van der Waals surface area contributed by atoms with Crippen LogP contribution < -0.4 is 10.1 Å². The van der Waals surface area contributed by atoms with Crippen LogP contribution in [0.5, 0.6) is 5.75 Å². The van der Waals surface area contributed by atoms with Crippen molar-refractivity contribution in [2.24, 2.45) is 0 Å². The van der Waals surface area contributed by atoms with Crippen molar-refractivity contribution < 1.29 is 24.2 Å². The Bertz CT molecular complexity index is 788. The number of hydrogen-bond acceptors (Lipinski definition) is 4. The predicted molar refractivity (Wildman–Crippen MR) is 94.5 cm³/mol. The van der Waals surface area contributed by atoms with Gasteiger partial charge in [-0.25, -0.2) is 4.79 Å². The second-order valence-corrected chi connectivity index (χ2v) is 6.23. The van der Waals surface area contributed by atoms with E-state index >= 15 is 0 Å². The van der Waals surface area contributed by atoms with Gasteiger partial charge in [0.25, 0.3) is 5.91 Å². The molecule has 2 N–H and O–H groups in total. The van der Waals surface area contributed by atoms with Gasteiger partial charge in [0, 0.05) is 23.4 Å². The van der Waals surface area contributed by atoms with E-state index in [4.69, 9.17) is 4.74 Å². The van der Waals surface area contributed by atoms with Crippen molar-refractivity contribution in [1.29, 1.82) is 0 Å². The molecule has 0 saturated carbocycles. The van der Waals surface area contributed by atoms with Crippen LogP contribution >= 0.6 is 15.9 Å². The number of carboxylic acid groups (broad SMARTS) is 1. The van der Waals surface area contributed by atoms with Gasteiger partial charge in [-0.1, -0.05) is 34.1 Å². The third-order valence-electron chi connectivity index (χ3n) is 3.31. The number of halogens is 1. The molecular weight excluding hydrogens is 390 g/mol. The molecule has 1 amide bonds. The van der Waals surface area contributed by atoms with Crippen LogP contribution in [-0.2, 0) is 16.0 Å². The van der Waals surface area contributed by atoms with Crippen molar-refractivity contribution in [3.05, 3.63) is 64.1 Å². The molecule has 0 spiro atoms. The Hall–Kier alpha value is -2.67. The molecule has 2 aromatic rings. The second kappa shape index (κ2) is 8.43. The number of carbonyl (C=O) groups excluding carboxylic acids is 2. The minimum absolute atomic E-state index is 0.151. The topological polar surface area (TPSA) is 92.7 Å². The molecule has 1 atom stereocenters. The lowest BCUT2D eigenvalue weighted by molar-refractivity contribution is -0.139. The molecule has 0 radical (unpaired) electrons. The maximum atomic E-state index is 12.3. The molecule has 0 aliphatic heterocycles. The van der Waals surface area contributed by atoms with Crippen molar-refractivity contribution in [2.45, 2.75) is 19.4 Å². The van der Waals surface area contributed by atoms with Gasteiger partial charge in [-0.05, 0) is 35.9 Å². The van der Waals surface area contributed by atoms with Crippen LogP contribution in [0.1, 0.15) is 22.8 Å². The lowest BCUT2D eigenvalue weighted by Crippen LogP contribution is -2.42. The number of hydrogen-bond donors (Lipinski definition) is 2. The van der Waals surface area contributed by atoms with Crippen LogP contribution in [0.4, 0.5) is 0 Å². The van der Waals surface area contributed by atoms with E-state index in [9.17, 15) is 19.5 Å². The first-order valence-corrected chi connectivity index (χ1v) is 8.21. The summed E-state index contributed by atoms with van der Waals surface area (Å²) in [5.74, 6) is -1.97. The van der Waals surface area contributed by atoms with Gasteiger partial charge in [0.1, 0.15) is 11.8 Å². The fourth-order valence-electron chi connectivity index (χ4n) is 2.16. The minimum Gasteiger partial charge on any atom is -0.480 e. The molecule has 130 valence electrons. The highest BCUT2D eigenvalue weighted by Crippen LogP contribution is 2.15. The summed E-state index contributed by atoms with van der Waals surface area (Å²) < 4.78 is 5.81. The number of nitrogens with one attached hydrogen (secondary N) is 1. The SMILES string of the molecule is CC(=O)Oc1cccc(C(=O)N[C@@H](Cc2ccc(Br)cc2)C(=O)O)c1. The van der Waals surface area contributed by atoms with Crippen LogP contribution in [0.3, 0.4) is 0 Å². The van der Waals surface area contributed by atoms with Gasteiger partial charge in [0.2, 0.25) is 0 Å². The lowest BCUT2D eigenvalue weighted by atomic mass is 10.1. The summed E-state index contributed by atoms with van der Waals surface area (Å²) in [5.41, 5.74) is 0.991. The van der Waals surface area contributed by atoms with Crippen molar-refractivity contribution in [3.63, 3.8) is 0 Å². The third kappa shape index (κ3) is 5.72. The third-order valence-corrected chi connectivity index (χ3v) is 3.84. The second-order valence-electron chi connectivity index (χ2n) is 5.32. The summed E-state index contributed by atoms with van der Waals surface area (Å²) in [6, 6.07) is 12.1. The molecule has 2 rings (SSSR count). The van der Waals surface area contributed by atoms with E-state index in [1.807, 2.05) is 0 Å². The van der Waals surface area contributed by atoms with Gasteiger partial charge in [-0.2, -0.15) is 0 Å². The number of aliphatic carboxylic acids is 1. The Morgan fingerprint density at radius 2 is 1.84 bits per heavy atom. The fraction of sp³-hybridized carbons (Fsp3) is 0.167. The molecule has 2 aromatic carbocycles. The summed E-state index contributed by atoms with van der Waals surface area (Å²) in [5, 5.41) is 11.9. The Morgan fingerprint density at radius 3 is 2.44 bits per heavy atom. The van der Waals surface area contributed by atoms with Gasteiger partial charge in [0.15, 0.2) is 0 Å². The van der Waals surface area contributed by atoms with E-state index < -0.39 is 23.9 Å². The van der Waals surface area contributed by atoms with Gasteiger partial charge in [-0.3, -0.25) is 9.59 Å². The largest absolute Gasteiger partial charge is 0.480 e. The number of carbonyl (C=O) groups is 3. The lowest BCUT2D eigenvalue weighted by Gasteiger charge is -2.15. The molecule has 0 aliphatic carbocycles. The summed E-state index contributed by atoms with van der Waals surface area (Å²) >= 11 is 3.31. The fourth-order valence-corrected chi connectivity index (χ4v) is 2.43. The maximum Gasteiger partial charge on any atom is 0.326 e. The molecule has 0 saturated heterocycles. The zero-order valence-corrected chi connectivity index (χ0v) is 14.9. The Morgan fingerprint density at radius 1 is 1.16 bits per heavy atom. The van der Waals surface area contributed by atoms with E-state index in [2.05, 4.69) is 21.2 Å². The van der Waals surface area contributed by atoms with Crippen molar-refractivity contribution in [2.75, 3.05) is 0 Å². The minimum atomic E-state index is -1.13. The average Bonchev–Trinajstić information content (AvgIpc) is 2.55. The smallest absolute Gasteiger partial charge is 0.326 e. The van der Waals surface area contributed by atoms with Gasteiger partial charge in [0.05, 0.1) is 0 Å². The number of rotatable bonds is 6. The van der Waals surface area contributed by atoms with E-state index in [1.165, 1.54) is 25.1 Å². The number of benzene rings is 2. The van der Waals surface area contributed by atoms with E-state index in [-0.39, 0.29) is 17.7 Å². The standard InChI is InChI=1S/C18H16BrNO5/c1-11(21)25-15-4-2-3-13(10-15)17(22)20-16(18(23)24)9-12-5-7-14(19)8-6-12/h2-8,10,16H,9H2,1H3,(H,20,22)(H,23,24)/t16-/m0/s1. The van der Waals surface area contributed by atoms with Gasteiger partial charge < -0.3 is 15.2 Å². The van der Waals surface area contributed by atoms with E-state index in [1.54, 1.807) is 30.3 Å². The van der Waals surface area contributed by atoms with E-state index in [0.717, 1.165) is 10.0 Å². The molecule has 0 heterocycles. The first-order valence-electron chi connectivity index (χ1n) is 7.42. The highest BCUT2D eigenvalue weighted by Gasteiger charge is 2.21. The molecule has 0 unspecified atom stereocenters. The van der Waals surface area contributed by atoms with E-state index in [0.29, 0.717) is 0 Å².